The van der Waals surface area contributed by atoms with E-state index in [1.165, 1.54) is 0 Å². The molecule has 3 atom stereocenters. The summed E-state index contributed by atoms with van der Waals surface area (Å²) < 4.78 is 39.1. The quantitative estimate of drug-likeness (QED) is 0.810. The Morgan fingerprint density at radius 2 is 2.17 bits per heavy atom. The Morgan fingerprint density at radius 3 is 2.91 bits per heavy atom. The van der Waals surface area contributed by atoms with E-state index in [0.717, 1.165) is 31.2 Å². The summed E-state index contributed by atoms with van der Waals surface area (Å²) in [5, 5.41) is -0.182. The summed E-state index contributed by atoms with van der Waals surface area (Å²) in [6, 6.07) is 3.75. The van der Waals surface area contributed by atoms with E-state index in [-0.39, 0.29) is 23.5 Å². The molecule has 4 rings (SSSR count). The maximum Gasteiger partial charge on any atom is 0.217 e. The van der Waals surface area contributed by atoms with Crippen molar-refractivity contribution in [2.45, 2.75) is 55.8 Å². The fraction of sp³-hybridized carbons (Fsp3) is 0.688. The first kappa shape index (κ1) is 15.5. The molecule has 1 aliphatic heterocycles. The van der Waals surface area contributed by atoms with Crippen LogP contribution in [0.3, 0.4) is 0 Å². The van der Waals surface area contributed by atoms with Gasteiger partial charge in [-0.2, -0.15) is 4.31 Å². The lowest BCUT2D eigenvalue weighted by Gasteiger charge is -2.30. The average Bonchev–Trinajstić information content (AvgIpc) is 3.33. The number of fused-ring (bicyclic) bond motifs is 2. The van der Waals surface area contributed by atoms with Crippen molar-refractivity contribution in [2.24, 2.45) is 0 Å². The minimum Gasteiger partial charge on any atom is -0.374 e. The number of pyridine rings is 1. The number of aromatic nitrogens is 1. The molecule has 1 aromatic heterocycles. The molecular formula is C16H22N2O4S. The maximum atomic E-state index is 12.7. The molecule has 2 aliphatic carbocycles. The normalized spacial score (nSPS) is 31.9. The molecule has 23 heavy (non-hydrogen) atoms. The molecule has 0 amide bonds. The number of hydrogen-bond acceptors (Lipinski definition) is 5. The van der Waals surface area contributed by atoms with Gasteiger partial charge < -0.3 is 9.47 Å². The van der Waals surface area contributed by atoms with Crippen LogP contribution in [0.1, 0.15) is 31.2 Å². The van der Waals surface area contributed by atoms with E-state index in [9.17, 15) is 8.42 Å². The molecule has 2 heterocycles. The third kappa shape index (κ3) is 3.03. The monoisotopic (exact) mass is 338 g/mol. The number of sulfonamides is 1. The second-order valence-electron chi connectivity index (χ2n) is 6.55. The molecule has 3 aliphatic rings. The average molecular weight is 338 g/mol. The van der Waals surface area contributed by atoms with Crippen molar-refractivity contribution in [1.82, 2.24) is 9.29 Å². The Balaban J connectivity index is 1.51. The van der Waals surface area contributed by atoms with Crippen LogP contribution in [0, 0.1) is 0 Å². The molecule has 2 saturated carbocycles. The molecule has 3 fully saturated rings. The number of hydrogen-bond donors (Lipinski definition) is 0. The molecule has 1 aromatic rings. The molecule has 3 unspecified atom stereocenters. The summed E-state index contributed by atoms with van der Waals surface area (Å²) in [4.78, 5) is 4.09. The Morgan fingerprint density at radius 1 is 1.30 bits per heavy atom. The lowest BCUT2D eigenvalue weighted by Crippen LogP contribution is -2.47. The van der Waals surface area contributed by atoms with Crippen LogP contribution in [0.25, 0.3) is 0 Å². The van der Waals surface area contributed by atoms with Crippen LogP contribution in [0.4, 0.5) is 0 Å². The first-order valence-corrected chi connectivity index (χ1v) is 9.79. The third-order valence-corrected chi connectivity index (χ3v) is 7.36. The fourth-order valence-electron chi connectivity index (χ4n) is 3.62. The molecular weight excluding hydrogens is 316 g/mol. The fourth-order valence-corrected chi connectivity index (χ4v) is 5.67. The SMILES string of the molecule is O=S(=O)(C1CC1)N1CCOC2CCC1C2OCc1cccnc1. The highest BCUT2D eigenvalue weighted by atomic mass is 32.2. The van der Waals surface area contributed by atoms with Crippen molar-refractivity contribution >= 4 is 10.0 Å². The zero-order valence-corrected chi connectivity index (χ0v) is 13.8. The van der Waals surface area contributed by atoms with E-state index >= 15 is 0 Å². The van der Waals surface area contributed by atoms with E-state index in [0.29, 0.717) is 19.8 Å². The second kappa shape index (κ2) is 6.12. The summed E-state index contributed by atoms with van der Waals surface area (Å²) in [5.74, 6) is 0. The summed E-state index contributed by atoms with van der Waals surface area (Å²) >= 11 is 0. The number of ether oxygens (including phenoxy) is 2. The first-order valence-electron chi connectivity index (χ1n) is 8.29. The minimum atomic E-state index is -3.20. The number of nitrogens with zero attached hydrogens (tertiary/aromatic N) is 2. The summed E-state index contributed by atoms with van der Waals surface area (Å²) in [5.41, 5.74) is 0.993. The molecule has 6 nitrogen and oxygen atoms in total. The van der Waals surface area contributed by atoms with Gasteiger partial charge in [-0.05, 0) is 37.3 Å². The lowest BCUT2D eigenvalue weighted by molar-refractivity contribution is -0.0583. The first-order chi connectivity index (χ1) is 11.2. The Kier molecular flexibility index (Phi) is 4.13. The topological polar surface area (TPSA) is 68.7 Å². The summed E-state index contributed by atoms with van der Waals surface area (Å²) in [7, 11) is -3.20. The molecule has 126 valence electrons. The van der Waals surface area contributed by atoms with Crippen LogP contribution < -0.4 is 0 Å². The van der Waals surface area contributed by atoms with Crippen molar-refractivity contribution in [3.8, 4) is 0 Å². The van der Waals surface area contributed by atoms with Crippen LogP contribution in [-0.4, -0.2) is 54.4 Å². The lowest BCUT2D eigenvalue weighted by atomic mass is 10.2. The third-order valence-electron chi connectivity index (χ3n) is 4.94. The van der Waals surface area contributed by atoms with Gasteiger partial charge in [0.25, 0.3) is 0 Å². The van der Waals surface area contributed by atoms with Crippen molar-refractivity contribution in [2.75, 3.05) is 13.2 Å². The standard InChI is InChI=1S/C16H22N2O4S/c19-23(20,13-3-4-13)18-8-9-21-15-6-5-14(18)16(15)22-11-12-2-1-7-17-10-12/h1-2,7,10,13-16H,3-6,8-9,11H2. The van der Waals surface area contributed by atoms with Crippen LogP contribution >= 0.6 is 0 Å². The van der Waals surface area contributed by atoms with Gasteiger partial charge >= 0.3 is 0 Å². The van der Waals surface area contributed by atoms with Crippen LogP contribution in [-0.2, 0) is 26.1 Å². The van der Waals surface area contributed by atoms with Crippen LogP contribution in [0.15, 0.2) is 24.5 Å². The maximum absolute atomic E-state index is 12.7. The van der Waals surface area contributed by atoms with Gasteiger partial charge in [-0.15, -0.1) is 0 Å². The minimum absolute atomic E-state index is 0.00363. The van der Waals surface area contributed by atoms with Gasteiger partial charge in [0.2, 0.25) is 10.0 Å². The van der Waals surface area contributed by atoms with Gasteiger partial charge in [0.05, 0.1) is 30.6 Å². The summed E-state index contributed by atoms with van der Waals surface area (Å²) in [6.45, 7) is 1.35. The smallest absolute Gasteiger partial charge is 0.217 e. The van der Waals surface area contributed by atoms with Crippen LogP contribution in [0.5, 0.6) is 0 Å². The van der Waals surface area contributed by atoms with E-state index in [1.54, 1.807) is 16.7 Å². The van der Waals surface area contributed by atoms with Gasteiger partial charge in [0.15, 0.2) is 0 Å². The summed E-state index contributed by atoms with van der Waals surface area (Å²) in [6.07, 6.45) is 6.56. The predicted octanol–water partition coefficient (Wildman–Crippen LogP) is 1.32. The zero-order chi connectivity index (χ0) is 15.9. The Labute approximate surface area is 136 Å². The van der Waals surface area contributed by atoms with E-state index in [2.05, 4.69) is 4.98 Å². The van der Waals surface area contributed by atoms with Gasteiger partial charge in [0, 0.05) is 18.9 Å². The van der Waals surface area contributed by atoms with Gasteiger partial charge in [-0.1, -0.05) is 6.07 Å². The van der Waals surface area contributed by atoms with Crippen molar-refractivity contribution < 1.29 is 17.9 Å². The molecule has 1 saturated heterocycles. The zero-order valence-electron chi connectivity index (χ0n) is 13.0. The second-order valence-corrected chi connectivity index (χ2v) is 8.71. The highest BCUT2D eigenvalue weighted by Crippen LogP contribution is 2.38. The van der Waals surface area contributed by atoms with Gasteiger partial charge in [-0.25, -0.2) is 8.42 Å². The van der Waals surface area contributed by atoms with E-state index in [1.807, 2.05) is 12.1 Å². The molecule has 0 N–H and O–H groups in total. The molecule has 0 aromatic carbocycles. The van der Waals surface area contributed by atoms with Crippen molar-refractivity contribution in [1.29, 1.82) is 0 Å². The molecule has 0 spiro atoms. The molecule has 0 radical (unpaired) electrons. The van der Waals surface area contributed by atoms with Crippen molar-refractivity contribution in [3.05, 3.63) is 30.1 Å². The van der Waals surface area contributed by atoms with E-state index in [4.69, 9.17) is 9.47 Å². The number of rotatable bonds is 5. The Hall–Kier alpha value is -1.02. The van der Waals surface area contributed by atoms with Crippen LogP contribution in [0.2, 0.25) is 0 Å². The predicted molar refractivity (Wildman–Crippen MR) is 84.2 cm³/mol. The molecule has 2 bridgehead atoms. The van der Waals surface area contributed by atoms with Gasteiger partial charge in [-0.3, -0.25) is 4.98 Å². The highest BCUT2D eigenvalue weighted by Gasteiger charge is 2.50. The molecule has 7 heteroatoms. The van der Waals surface area contributed by atoms with E-state index < -0.39 is 10.0 Å². The largest absolute Gasteiger partial charge is 0.374 e. The van der Waals surface area contributed by atoms with Crippen molar-refractivity contribution in [3.63, 3.8) is 0 Å². The highest BCUT2D eigenvalue weighted by molar-refractivity contribution is 7.90. The van der Waals surface area contributed by atoms with Gasteiger partial charge in [0.1, 0.15) is 6.10 Å². The Bertz CT molecular complexity index is 647.